The van der Waals surface area contributed by atoms with Crippen molar-refractivity contribution in [1.29, 1.82) is 0 Å². The third-order valence-electron chi connectivity index (χ3n) is 2.25. The number of carbonyl (C=O) groups is 1. The summed E-state index contributed by atoms with van der Waals surface area (Å²) in [5.74, 6) is -1.48. The molecule has 10 heteroatoms. The number of carboxylic acids is 1. The fourth-order valence-corrected chi connectivity index (χ4v) is 2.95. The second kappa shape index (κ2) is 5.58. The third-order valence-corrected chi connectivity index (χ3v) is 4.27. The average Bonchev–Trinajstić information content (AvgIpc) is 2.26. The minimum atomic E-state index is -4.74. The van der Waals surface area contributed by atoms with Crippen molar-refractivity contribution >= 4 is 27.6 Å². The zero-order chi connectivity index (χ0) is 15.7. The van der Waals surface area contributed by atoms with Gasteiger partial charge in [-0.25, -0.2) is 8.42 Å². The monoisotopic (exact) mass is 331 g/mol. The number of rotatable bonds is 4. The summed E-state index contributed by atoms with van der Waals surface area (Å²) < 4.78 is 62.9. The van der Waals surface area contributed by atoms with E-state index in [1.165, 1.54) is 0 Å². The Labute approximate surface area is 117 Å². The number of hydrogen-bond acceptors (Lipinski definition) is 3. The Bertz CT molecular complexity index is 630. The predicted molar refractivity (Wildman–Crippen MR) is 63.9 cm³/mol. The van der Waals surface area contributed by atoms with Crippen LogP contribution in [0.15, 0.2) is 23.1 Å². The molecule has 0 saturated carbocycles. The van der Waals surface area contributed by atoms with Gasteiger partial charge in [0, 0.05) is 0 Å². The molecule has 2 N–H and O–H groups in total. The summed E-state index contributed by atoms with van der Waals surface area (Å²) >= 11 is 5.56. The molecule has 5 nitrogen and oxygen atoms in total. The van der Waals surface area contributed by atoms with Crippen molar-refractivity contribution in [2.45, 2.75) is 24.0 Å². The molecule has 0 spiro atoms. The van der Waals surface area contributed by atoms with Crippen LogP contribution in [0.4, 0.5) is 13.2 Å². The van der Waals surface area contributed by atoms with Crippen LogP contribution in [0.25, 0.3) is 0 Å². The number of sulfonamides is 1. The first-order valence-corrected chi connectivity index (χ1v) is 6.93. The van der Waals surface area contributed by atoms with Gasteiger partial charge in [-0.1, -0.05) is 11.6 Å². The molecule has 0 radical (unpaired) electrons. The number of nitrogens with one attached hydrogen (secondary N) is 1. The van der Waals surface area contributed by atoms with E-state index in [1.54, 1.807) is 4.72 Å². The number of halogens is 4. The summed E-state index contributed by atoms with van der Waals surface area (Å²) in [6.45, 7) is 1.03. The first-order valence-electron chi connectivity index (χ1n) is 5.07. The molecule has 0 aliphatic carbocycles. The molecule has 1 unspecified atom stereocenters. The number of aliphatic carboxylic acids is 1. The van der Waals surface area contributed by atoms with Crippen LogP contribution in [-0.2, 0) is 21.0 Å². The van der Waals surface area contributed by atoms with Crippen molar-refractivity contribution in [3.8, 4) is 0 Å². The van der Waals surface area contributed by atoms with Crippen LogP contribution < -0.4 is 4.72 Å². The Hall–Kier alpha value is -1.32. The maximum Gasteiger partial charge on any atom is 0.416 e. The van der Waals surface area contributed by atoms with E-state index in [0.717, 1.165) is 13.0 Å². The summed E-state index contributed by atoms with van der Waals surface area (Å²) in [6, 6.07) is 0.247. The summed E-state index contributed by atoms with van der Waals surface area (Å²) in [6.07, 6.45) is -4.74. The van der Waals surface area contributed by atoms with Crippen LogP contribution >= 0.6 is 11.6 Å². The highest BCUT2D eigenvalue weighted by atomic mass is 35.5. The molecule has 20 heavy (non-hydrogen) atoms. The van der Waals surface area contributed by atoms with Gasteiger partial charge in [-0.05, 0) is 25.1 Å². The quantitative estimate of drug-likeness (QED) is 0.885. The summed E-state index contributed by atoms with van der Waals surface area (Å²) in [5, 5.41) is 8.16. The summed E-state index contributed by atoms with van der Waals surface area (Å²) in [5.41, 5.74) is -1.20. The number of hydrogen-bond donors (Lipinski definition) is 2. The van der Waals surface area contributed by atoms with Crippen LogP contribution in [-0.4, -0.2) is 25.5 Å². The highest BCUT2D eigenvalue weighted by molar-refractivity contribution is 7.89. The molecule has 0 aliphatic rings. The van der Waals surface area contributed by atoms with Gasteiger partial charge < -0.3 is 5.11 Å². The van der Waals surface area contributed by atoms with Gasteiger partial charge >= 0.3 is 12.1 Å². The molecule has 0 amide bonds. The molecule has 0 aliphatic heterocycles. The van der Waals surface area contributed by atoms with Gasteiger partial charge in [-0.3, -0.25) is 4.79 Å². The molecule has 1 aromatic rings. The molecule has 112 valence electrons. The van der Waals surface area contributed by atoms with E-state index in [0.29, 0.717) is 12.1 Å². The van der Waals surface area contributed by atoms with E-state index >= 15 is 0 Å². The fraction of sp³-hybridized carbons (Fsp3) is 0.300. The van der Waals surface area contributed by atoms with Crippen molar-refractivity contribution < 1.29 is 31.5 Å². The molecular weight excluding hydrogens is 323 g/mol. The zero-order valence-electron chi connectivity index (χ0n) is 9.90. The normalized spacial score (nSPS) is 14.1. The predicted octanol–water partition coefficient (Wildman–Crippen LogP) is 2.11. The highest BCUT2D eigenvalue weighted by Crippen LogP contribution is 2.33. The maximum absolute atomic E-state index is 12.5. The highest BCUT2D eigenvalue weighted by Gasteiger charge is 2.33. The number of carboxylic acid groups (broad SMARTS) is 1. The minimum absolute atomic E-state index is 0.346. The minimum Gasteiger partial charge on any atom is -0.480 e. The lowest BCUT2D eigenvalue weighted by Gasteiger charge is -2.13. The summed E-state index contributed by atoms with van der Waals surface area (Å²) in [4.78, 5) is 9.75. The van der Waals surface area contributed by atoms with Crippen molar-refractivity contribution in [3.05, 3.63) is 28.8 Å². The molecule has 0 aromatic heterocycles. The van der Waals surface area contributed by atoms with Crippen LogP contribution in [0.5, 0.6) is 0 Å². The van der Waals surface area contributed by atoms with Gasteiger partial charge in [0.2, 0.25) is 10.0 Å². The van der Waals surface area contributed by atoms with Gasteiger partial charge in [0.05, 0.1) is 10.6 Å². The van der Waals surface area contributed by atoms with E-state index in [2.05, 4.69) is 0 Å². The second-order valence-electron chi connectivity index (χ2n) is 3.82. The van der Waals surface area contributed by atoms with Gasteiger partial charge in [0.25, 0.3) is 0 Å². The second-order valence-corrected chi connectivity index (χ2v) is 5.91. The molecule has 0 heterocycles. The van der Waals surface area contributed by atoms with Gasteiger partial charge in [-0.15, -0.1) is 0 Å². The molecule has 0 bridgehead atoms. The maximum atomic E-state index is 12.5. The lowest BCUT2D eigenvalue weighted by Crippen LogP contribution is -2.38. The average molecular weight is 332 g/mol. The number of alkyl halides is 3. The van der Waals surface area contributed by atoms with Gasteiger partial charge in [-0.2, -0.15) is 17.9 Å². The van der Waals surface area contributed by atoms with Crippen LogP contribution in [0.1, 0.15) is 12.5 Å². The largest absolute Gasteiger partial charge is 0.480 e. The van der Waals surface area contributed by atoms with Crippen molar-refractivity contribution in [2.75, 3.05) is 0 Å². The van der Waals surface area contributed by atoms with Crippen LogP contribution in [0, 0.1) is 0 Å². The Morgan fingerprint density at radius 1 is 1.40 bits per heavy atom. The topological polar surface area (TPSA) is 83.5 Å². The Balaban J connectivity index is 3.28. The van der Waals surface area contributed by atoms with E-state index in [9.17, 15) is 26.4 Å². The smallest absolute Gasteiger partial charge is 0.416 e. The van der Waals surface area contributed by atoms with E-state index in [1.807, 2.05) is 0 Å². The molecule has 1 rings (SSSR count). The van der Waals surface area contributed by atoms with E-state index in [-0.39, 0.29) is 0 Å². The van der Waals surface area contributed by atoms with Crippen molar-refractivity contribution in [2.24, 2.45) is 0 Å². The van der Waals surface area contributed by atoms with Crippen molar-refractivity contribution in [3.63, 3.8) is 0 Å². The van der Waals surface area contributed by atoms with Crippen molar-refractivity contribution in [1.82, 2.24) is 4.72 Å². The Morgan fingerprint density at radius 3 is 2.40 bits per heavy atom. The zero-order valence-corrected chi connectivity index (χ0v) is 11.5. The lowest BCUT2D eigenvalue weighted by molar-refractivity contribution is -0.139. The molecule has 1 aromatic carbocycles. The Morgan fingerprint density at radius 2 is 1.95 bits per heavy atom. The van der Waals surface area contributed by atoms with Gasteiger partial charge in [0.1, 0.15) is 10.9 Å². The third kappa shape index (κ3) is 3.84. The molecule has 0 fully saturated rings. The van der Waals surface area contributed by atoms with E-state index in [4.69, 9.17) is 16.7 Å². The van der Waals surface area contributed by atoms with Crippen LogP contribution in [0.3, 0.4) is 0 Å². The van der Waals surface area contributed by atoms with Crippen LogP contribution in [0.2, 0.25) is 5.02 Å². The fourth-order valence-electron chi connectivity index (χ4n) is 1.23. The summed E-state index contributed by atoms with van der Waals surface area (Å²) in [7, 11) is -4.48. The van der Waals surface area contributed by atoms with Gasteiger partial charge in [0.15, 0.2) is 0 Å². The lowest BCUT2D eigenvalue weighted by atomic mass is 10.2. The number of benzene rings is 1. The Kier molecular flexibility index (Phi) is 4.67. The first-order chi connectivity index (χ1) is 8.95. The SMILES string of the molecule is CC(NS(=O)(=O)c1cc(C(F)(F)F)ccc1Cl)C(=O)O. The molecule has 0 saturated heterocycles. The van der Waals surface area contributed by atoms with E-state index < -0.39 is 43.7 Å². The standard InChI is InChI=1S/C10H9ClF3NO4S/c1-5(9(16)17)15-20(18,19)8-4-6(10(12,13)14)2-3-7(8)11/h2-5,15H,1H3,(H,16,17). The molecule has 1 atom stereocenters. The molecular formula is C10H9ClF3NO4S. The first kappa shape index (κ1) is 16.7.